The lowest BCUT2D eigenvalue weighted by molar-refractivity contribution is -0.0552. The van der Waals surface area contributed by atoms with Crippen LogP contribution in [-0.4, -0.2) is 21.4 Å². The molecular formula is C15H13Cl3F2N2O2S. The highest BCUT2D eigenvalue weighted by Crippen LogP contribution is 2.42. The largest absolute Gasteiger partial charge is 0.449 e. The fourth-order valence-electron chi connectivity index (χ4n) is 2.03. The molecule has 10 heteroatoms. The number of benzene rings is 1. The Bertz CT molecular complexity index is 800. The summed E-state index contributed by atoms with van der Waals surface area (Å²) < 4.78 is 36.0. The molecule has 0 spiro atoms. The SMILES string of the molecule is CCCC(=S)Oc1cc(-c2nn(C)c(OC(F)F)c2Cl)c(Cl)cc1Cl. The Morgan fingerprint density at radius 2 is 1.96 bits per heavy atom. The van der Waals surface area contributed by atoms with Crippen molar-refractivity contribution >= 4 is 52.1 Å². The minimum absolute atomic E-state index is 0.103. The normalized spacial score (nSPS) is 11.0. The zero-order valence-electron chi connectivity index (χ0n) is 13.2. The maximum atomic E-state index is 12.5. The van der Waals surface area contributed by atoms with Crippen LogP contribution >= 0.6 is 47.0 Å². The molecule has 0 radical (unpaired) electrons. The van der Waals surface area contributed by atoms with Crippen molar-refractivity contribution in [3.8, 4) is 22.9 Å². The molecule has 2 aromatic rings. The number of halogens is 5. The third kappa shape index (κ3) is 4.73. The molecule has 0 unspecified atom stereocenters. The molecule has 4 nitrogen and oxygen atoms in total. The van der Waals surface area contributed by atoms with Gasteiger partial charge in [-0.05, 0) is 30.8 Å². The van der Waals surface area contributed by atoms with Gasteiger partial charge < -0.3 is 9.47 Å². The lowest BCUT2D eigenvalue weighted by Crippen LogP contribution is -2.06. The molecule has 1 aromatic heterocycles. The summed E-state index contributed by atoms with van der Waals surface area (Å²) in [7, 11) is 1.42. The maximum Gasteiger partial charge on any atom is 0.388 e. The molecule has 0 N–H and O–H groups in total. The molecule has 1 aromatic carbocycles. The van der Waals surface area contributed by atoms with Gasteiger partial charge in [-0.15, -0.1) is 0 Å². The Morgan fingerprint density at radius 3 is 2.56 bits per heavy atom. The van der Waals surface area contributed by atoms with E-state index < -0.39 is 6.61 Å². The van der Waals surface area contributed by atoms with Crippen LogP contribution in [0.2, 0.25) is 15.1 Å². The van der Waals surface area contributed by atoms with Crippen LogP contribution in [0.3, 0.4) is 0 Å². The average Bonchev–Trinajstić information content (AvgIpc) is 2.78. The van der Waals surface area contributed by atoms with Gasteiger partial charge in [0, 0.05) is 19.0 Å². The van der Waals surface area contributed by atoms with Gasteiger partial charge in [0.05, 0.1) is 10.0 Å². The second-order valence-electron chi connectivity index (χ2n) is 4.96. The molecule has 0 aliphatic heterocycles. The Balaban J connectivity index is 2.47. The van der Waals surface area contributed by atoms with Crippen LogP contribution in [0.15, 0.2) is 12.1 Å². The van der Waals surface area contributed by atoms with E-state index in [0.29, 0.717) is 17.0 Å². The lowest BCUT2D eigenvalue weighted by atomic mass is 10.1. The second-order valence-corrected chi connectivity index (χ2v) is 6.60. The second kappa shape index (κ2) is 8.49. The molecular weight excluding hydrogens is 417 g/mol. The van der Waals surface area contributed by atoms with E-state index in [-0.39, 0.29) is 32.4 Å². The number of alkyl halides is 2. The molecule has 25 heavy (non-hydrogen) atoms. The van der Waals surface area contributed by atoms with Gasteiger partial charge in [-0.3, -0.25) is 0 Å². The summed E-state index contributed by atoms with van der Waals surface area (Å²) in [6, 6.07) is 2.95. The summed E-state index contributed by atoms with van der Waals surface area (Å²) in [4.78, 5) is 0. The van der Waals surface area contributed by atoms with Crippen LogP contribution in [-0.2, 0) is 7.05 Å². The molecule has 0 bridgehead atoms. The number of nitrogens with zero attached hydrogens (tertiary/aromatic N) is 2. The number of hydrogen-bond acceptors (Lipinski definition) is 4. The summed E-state index contributed by atoms with van der Waals surface area (Å²) in [5.74, 6) is -0.000722. The molecule has 2 rings (SSSR count). The topological polar surface area (TPSA) is 36.3 Å². The molecule has 0 saturated heterocycles. The van der Waals surface area contributed by atoms with Crippen LogP contribution in [0.25, 0.3) is 11.3 Å². The van der Waals surface area contributed by atoms with Crippen molar-refractivity contribution in [2.75, 3.05) is 0 Å². The van der Waals surface area contributed by atoms with Crippen LogP contribution in [0.5, 0.6) is 11.6 Å². The molecule has 0 aliphatic rings. The highest BCUT2D eigenvalue weighted by atomic mass is 35.5. The Labute approximate surface area is 163 Å². The van der Waals surface area contributed by atoms with Gasteiger partial charge >= 0.3 is 6.61 Å². The first kappa shape index (κ1) is 20.2. The molecule has 136 valence electrons. The van der Waals surface area contributed by atoms with Crippen molar-refractivity contribution in [2.24, 2.45) is 7.05 Å². The monoisotopic (exact) mass is 428 g/mol. The highest BCUT2D eigenvalue weighted by Gasteiger charge is 2.23. The first-order chi connectivity index (χ1) is 11.7. The van der Waals surface area contributed by atoms with Gasteiger partial charge in [0.2, 0.25) is 5.88 Å². The number of aromatic nitrogens is 2. The van der Waals surface area contributed by atoms with E-state index in [1.54, 1.807) is 0 Å². The Hall–Kier alpha value is -1.15. The molecule has 0 amide bonds. The van der Waals surface area contributed by atoms with Crippen LogP contribution in [0.1, 0.15) is 19.8 Å². The van der Waals surface area contributed by atoms with E-state index >= 15 is 0 Å². The van der Waals surface area contributed by atoms with Crippen molar-refractivity contribution in [3.63, 3.8) is 0 Å². The number of hydrogen-bond donors (Lipinski definition) is 0. The van der Waals surface area contributed by atoms with Gasteiger partial charge in [-0.25, -0.2) is 4.68 Å². The predicted molar refractivity (Wildman–Crippen MR) is 98.4 cm³/mol. The van der Waals surface area contributed by atoms with Gasteiger partial charge in [0.25, 0.3) is 0 Å². The van der Waals surface area contributed by atoms with Gasteiger partial charge in [0.1, 0.15) is 16.5 Å². The molecule has 0 fully saturated rings. The minimum Gasteiger partial charge on any atom is -0.449 e. The third-order valence-corrected chi connectivity index (χ3v) is 4.33. The zero-order chi connectivity index (χ0) is 18.7. The third-order valence-electron chi connectivity index (χ3n) is 3.09. The van der Waals surface area contributed by atoms with Crippen molar-refractivity contribution in [1.29, 1.82) is 0 Å². The van der Waals surface area contributed by atoms with Crippen molar-refractivity contribution in [3.05, 3.63) is 27.2 Å². The number of ether oxygens (including phenoxy) is 2. The van der Waals surface area contributed by atoms with Gasteiger partial charge in [-0.1, -0.05) is 41.7 Å². The fourth-order valence-corrected chi connectivity index (χ4v) is 3.15. The summed E-state index contributed by atoms with van der Waals surface area (Å²) in [6.07, 6.45) is 1.40. The predicted octanol–water partition coefficient (Wildman–Crippen LogP) is 6.16. The Kier molecular flexibility index (Phi) is 6.85. The average molecular weight is 430 g/mol. The van der Waals surface area contributed by atoms with Gasteiger partial charge in [0.15, 0.2) is 5.05 Å². The van der Waals surface area contributed by atoms with E-state index in [4.69, 9.17) is 51.8 Å². The lowest BCUT2D eigenvalue weighted by Gasteiger charge is -2.11. The van der Waals surface area contributed by atoms with E-state index in [1.165, 1.54) is 19.2 Å². The summed E-state index contributed by atoms with van der Waals surface area (Å²) in [6.45, 7) is -1.07. The summed E-state index contributed by atoms with van der Waals surface area (Å²) >= 11 is 23.6. The molecule has 0 saturated carbocycles. The van der Waals surface area contributed by atoms with Crippen molar-refractivity contribution in [1.82, 2.24) is 9.78 Å². The van der Waals surface area contributed by atoms with E-state index in [1.807, 2.05) is 6.92 Å². The van der Waals surface area contributed by atoms with Crippen LogP contribution < -0.4 is 9.47 Å². The fraction of sp³-hybridized carbons (Fsp3) is 0.333. The van der Waals surface area contributed by atoms with Gasteiger partial charge in [-0.2, -0.15) is 13.9 Å². The molecule has 0 atom stereocenters. The van der Waals surface area contributed by atoms with E-state index in [9.17, 15) is 8.78 Å². The quantitative estimate of drug-likeness (QED) is 0.516. The minimum atomic E-state index is -3.04. The zero-order valence-corrected chi connectivity index (χ0v) is 16.2. The first-order valence-corrected chi connectivity index (χ1v) is 8.66. The number of rotatable bonds is 6. The molecule has 1 heterocycles. The highest BCUT2D eigenvalue weighted by molar-refractivity contribution is 7.80. The molecule has 0 aliphatic carbocycles. The number of thiocarbonyl (C=S) groups is 1. The van der Waals surface area contributed by atoms with Crippen molar-refractivity contribution < 1.29 is 18.3 Å². The number of aryl methyl sites for hydroxylation is 1. The van der Waals surface area contributed by atoms with E-state index in [2.05, 4.69) is 9.84 Å². The van der Waals surface area contributed by atoms with Crippen LogP contribution in [0, 0.1) is 0 Å². The summed E-state index contributed by atoms with van der Waals surface area (Å²) in [5, 5.41) is 4.83. The Morgan fingerprint density at radius 1 is 1.28 bits per heavy atom. The maximum absolute atomic E-state index is 12.5. The summed E-state index contributed by atoms with van der Waals surface area (Å²) in [5.41, 5.74) is 0.512. The van der Waals surface area contributed by atoms with Crippen LogP contribution in [0.4, 0.5) is 8.78 Å². The van der Waals surface area contributed by atoms with Crippen molar-refractivity contribution in [2.45, 2.75) is 26.4 Å². The first-order valence-electron chi connectivity index (χ1n) is 7.12. The smallest absolute Gasteiger partial charge is 0.388 e. The standard InChI is InChI=1S/C15H13Cl3F2N2O2S/c1-3-4-11(25)23-10-5-7(8(16)6-9(10)17)13-12(18)14(22(2)21-13)24-15(19)20/h5-6,15H,3-4H2,1-2H3. The van der Waals surface area contributed by atoms with E-state index in [0.717, 1.165) is 11.1 Å².